The van der Waals surface area contributed by atoms with E-state index in [0.29, 0.717) is 12.0 Å². The molecule has 0 spiro atoms. The highest BCUT2D eigenvalue weighted by molar-refractivity contribution is 5.40. The predicted octanol–water partition coefficient (Wildman–Crippen LogP) is 1.97. The number of nitrogens with zero attached hydrogens (tertiary/aromatic N) is 1. The number of piperidine rings is 1. The lowest BCUT2D eigenvalue weighted by Gasteiger charge is -2.33. The highest BCUT2D eigenvalue weighted by Crippen LogP contribution is 2.30. The van der Waals surface area contributed by atoms with Crippen LogP contribution in [0.15, 0.2) is 18.2 Å². The normalized spacial score (nSPS) is 27.1. The number of nitrogens with two attached hydrogens (primary N) is 1. The fourth-order valence-electron chi connectivity index (χ4n) is 3.35. The number of hydrogen-bond donors (Lipinski definition) is 1. The quantitative estimate of drug-likeness (QED) is 0.903. The van der Waals surface area contributed by atoms with E-state index in [4.69, 9.17) is 10.5 Å². The van der Waals surface area contributed by atoms with Crippen molar-refractivity contribution in [2.75, 3.05) is 26.2 Å². The fourth-order valence-corrected chi connectivity index (χ4v) is 3.35. The molecule has 1 aromatic rings. The second-order valence-electron chi connectivity index (χ2n) is 6.06. The standard InChI is InChI=1S/C16H24N2O/c1-12-4-5-16-14(7-12)8-15(19-16)11-18-6-2-3-13(9-17)10-18/h4-5,7,13,15H,2-3,6,8-11,17H2,1H3. The molecule has 1 saturated heterocycles. The van der Waals surface area contributed by atoms with Crippen LogP contribution in [0.4, 0.5) is 0 Å². The molecule has 2 unspecified atom stereocenters. The number of hydrogen-bond acceptors (Lipinski definition) is 3. The van der Waals surface area contributed by atoms with Gasteiger partial charge in [-0.1, -0.05) is 17.7 Å². The summed E-state index contributed by atoms with van der Waals surface area (Å²) in [4.78, 5) is 2.53. The van der Waals surface area contributed by atoms with Crippen molar-refractivity contribution >= 4 is 0 Å². The molecule has 2 heterocycles. The first-order valence-electron chi connectivity index (χ1n) is 7.43. The Bertz CT molecular complexity index is 446. The molecule has 2 atom stereocenters. The minimum atomic E-state index is 0.327. The van der Waals surface area contributed by atoms with E-state index in [1.807, 2.05) is 0 Å². The summed E-state index contributed by atoms with van der Waals surface area (Å²) in [5.41, 5.74) is 8.50. The van der Waals surface area contributed by atoms with E-state index in [2.05, 4.69) is 30.0 Å². The Morgan fingerprint density at radius 2 is 2.32 bits per heavy atom. The number of fused-ring (bicyclic) bond motifs is 1. The average Bonchev–Trinajstić information content (AvgIpc) is 2.80. The Hall–Kier alpha value is -1.06. The summed E-state index contributed by atoms with van der Waals surface area (Å²) < 4.78 is 6.06. The summed E-state index contributed by atoms with van der Waals surface area (Å²) in [5, 5.41) is 0. The topological polar surface area (TPSA) is 38.5 Å². The molecule has 0 aliphatic carbocycles. The summed E-state index contributed by atoms with van der Waals surface area (Å²) in [6.45, 7) is 6.35. The molecule has 0 saturated carbocycles. The Morgan fingerprint density at radius 3 is 3.16 bits per heavy atom. The molecule has 1 aromatic carbocycles. The molecule has 2 aliphatic rings. The number of likely N-dealkylation sites (tertiary alicyclic amines) is 1. The lowest BCUT2D eigenvalue weighted by Crippen LogP contribution is -2.43. The Labute approximate surface area is 115 Å². The molecule has 104 valence electrons. The van der Waals surface area contributed by atoms with Gasteiger partial charge in [-0.3, -0.25) is 4.90 Å². The summed E-state index contributed by atoms with van der Waals surface area (Å²) in [6, 6.07) is 6.50. The number of rotatable bonds is 3. The first-order valence-corrected chi connectivity index (χ1v) is 7.43. The van der Waals surface area contributed by atoms with Gasteiger partial charge in [0, 0.05) is 19.5 Å². The van der Waals surface area contributed by atoms with Gasteiger partial charge in [-0.25, -0.2) is 0 Å². The second-order valence-corrected chi connectivity index (χ2v) is 6.06. The highest BCUT2D eigenvalue weighted by atomic mass is 16.5. The van der Waals surface area contributed by atoms with Crippen LogP contribution in [0.25, 0.3) is 0 Å². The van der Waals surface area contributed by atoms with Crippen molar-refractivity contribution in [3.05, 3.63) is 29.3 Å². The molecule has 2 aliphatic heterocycles. The van der Waals surface area contributed by atoms with Gasteiger partial charge in [0.05, 0.1) is 0 Å². The van der Waals surface area contributed by atoms with Crippen molar-refractivity contribution in [1.82, 2.24) is 4.90 Å². The van der Waals surface area contributed by atoms with Crippen LogP contribution in [-0.2, 0) is 6.42 Å². The lowest BCUT2D eigenvalue weighted by molar-refractivity contribution is 0.112. The smallest absolute Gasteiger partial charge is 0.123 e. The van der Waals surface area contributed by atoms with Crippen molar-refractivity contribution in [2.45, 2.75) is 32.3 Å². The van der Waals surface area contributed by atoms with Gasteiger partial charge in [0.25, 0.3) is 0 Å². The largest absolute Gasteiger partial charge is 0.488 e. The van der Waals surface area contributed by atoms with E-state index in [0.717, 1.165) is 31.8 Å². The van der Waals surface area contributed by atoms with Gasteiger partial charge in [0.15, 0.2) is 0 Å². The highest BCUT2D eigenvalue weighted by Gasteiger charge is 2.27. The number of ether oxygens (including phenoxy) is 1. The maximum Gasteiger partial charge on any atom is 0.123 e. The van der Waals surface area contributed by atoms with Gasteiger partial charge < -0.3 is 10.5 Å². The SMILES string of the molecule is Cc1ccc2c(c1)CC(CN1CCCC(CN)C1)O2. The van der Waals surface area contributed by atoms with Crippen LogP contribution < -0.4 is 10.5 Å². The second kappa shape index (κ2) is 5.51. The van der Waals surface area contributed by atoms with Crippen LogP contribution >= 0.6 is 0 Å². The molecule has 2 N–H and O–H groups in total. The van der Waals surface area contributed by atoms with E-state index in [9.17, 15) is 0 Å². The Balaban J connectivity index is 1.58. The van der Waals surface area contributed by atoms with Gasteiger partial charge >= 0.3 is 0 Å². The predicted molar refractivity (Wildman–Crippen MR) is 77.5 cm³/mol. The van der Waals surface area contributed by atoms with Crippen LogP contribution in [0.3, 0.4) is 0 Å². The zero-order valence-electron chi connectivity index (χ0n) is 11.8. The zero-order valence-corrected chi connectivity index (χ0v) is 11.8. The van der Waals surface area contributed by atoms with Crippen molar-refractivity contribution in [3.63, 3.8) is 0 Å². The van der Waals surface area contributed by atoms with E-state index in [-0.39, 0.29) is 0 Å². The molecule has 3 heteroatoms. The van der Waals surface area contributed by atoms with E-state index < -0.39 is 0 Å². The molecular weight excluding hydrogens is 236 g/mol. The van der Waals surface area contributed by atoms with E-state index in [1.165, 1.54) is 30.5 Å². The van der Waals surface area contributed by atoms with E-state index >= 15 is 0 Å². The van der Waals surface area contributed by atoms with Gasteiger partial charge in [0.1, 0.15) is 11.9 Å². The van der Waals surface area contributed by atoms with Crippen LogP contribution in [0.1, 0.15) is 24.0 Å². The van der Waals surface area contributed by atoms with Crippen LogP contribution in [0.2, 0.25) is 0 Å². The minimum Gasteiger partial charge on any atom is -0.488 e. The van der Waals surface area contributed by atoms with Gasteiger partial charge in [0.2, 0.25) is 0 Å². The monoisotopic (exact) mass is 260 g/mol. The molecule has 0 bridgehead atoms. The molecule has 1 fully saturated rings. The van der Waals surface area contributed by atoms with Crippen molar-refractivity contribution in [3.8, 4) is 5.75 Å². The molecule has 0 aromatic heterocycles. The van der Waals surface area contributed by atoms with Gasteiger partial charge in [-0.2, -0.15) is 0 Å². The number of aryl methyl sites for hydroxylation is 1. The Morgan fingerprint density at radius 1 is 1.42 bits per heavy atom. The van der Waals surface area contributed by atoms with Crippen LogP contribution in [0, 0.1) is 12.8 Å². The van der Waals surface area contributed by atoms with Gasteiger partial charge in [-0.15, -0.1) is 0 Å². The van der Waals surface area contributed by atoms with Crippen molar-refractivity contribution in [2.24, 2.45) is 11.7 Å². The number of benzene rings is 1. The average molecular weight is 260 g/mol. The lowest BCUT2D eigenvalue weighted by atomic mass is 9.98. The van der Waals surface area contributed by atoms with Crippen LogP contribution in [-0.4, -0.2) is 37.2 Å². The first kappa shape index (κ1) is 12.9. The minimum absolute atomic E-state index is 0.327. The Kier molecular flexibility index (Phi) is 3.76. The molecular formula is C16H24N2O. The maximum atomic E-state index is 6.06. The van der Waals surface area contributed by atoms with E-state index in [1.54, 1.807) is 0 Å². The van der Waals surface area contributed by atoms with Crippen LogP contribution in [0.5, 0.6) is 5.75 Å². The summed E-state index contributed by atoms with van der Waals surface area (Å²) >= 11 is 0. The zero-order chi connectivity index (χ0) is 13.2. The molecule has 19 heavy (non-hydrogen) atoms. The summed E-state index contributed by atoms with van der Waals surface area (Å²) in [6.07, 6.45) is 3.95. The molecule has 3 rings (SSSR count). The molecule has 0 amide bonds. The summed E-state index contributed by atoms with van der Waals surface area (Å²) in [5.74, 6) is 1.77. The molecule has 0 radical (unpaired) electrons. The maximum absolute atomic E-state index is 6.06. The van der Waals surface area contributed by atoms with Crippen molar-refractivity contribution in [1.29, 1.82) is 0 Å². The van der Waals surface area contributed by atoms with Crippen molar-refractivity contribution < 1.29 is 4.74 Å². The fraction of sp³-hybridized carbons (Fsp3) is 0.625. The third-order valence-electron chi connectivity index (χ3n) is 4.36. The summed E-state index contributed by atoms with van der Waals surface area (Å²) in [7, 11) is 0. The van der Waals surface area contributed by atoms with Gasteiger partial charge in [-0.05, 0) is 50.4 Å². The third kappa shape index (κ3) is 2.93. The third-order valence-corrected chi connectivity index (χ3v) is 4.36. The molecule has 3 nitrogen and oxygen atoms in total. The first-order chi connectivity index (χ1) is 9.24.